The van der Waals surface area contributed by atoms with Gasteiger partial charge < -0.3 is 9.26 Å². The molecule has 3 rings (SSSR count). The van der Waals surface area contributed by atoms with Gasteiger partial charge in [0, 0.05) is 16.9 Å². The molecule has 0 spiro atoms. The number of benzene rings is 2. The zero-order valence-electron chi connectivity index (χ0n) is 15.4. The van der Waals surface area contributed by atoms with Crippen molar-refractivity contribution in [3.05, 3.63) is 70.6 Å². The summed E-state index contributed by atoms with van der Waals surface area (Å²) in [5.41, 5.74) is -3.16. The summed E-state index contributed by atoms with van der Waals surface area (Å²) >= 11 is 1.16. The van der Waals surface area contributed by atoms with Crippen LogP contribution < -0.4 is 0 Å². The zero-order chi connectivity index (χ0) is 20.4. The summed E-state index contributed by atoms with van der Waals surface area (Å²) in [5, 5.41) is 0.463. The summed E-state index contributed by atoms with van der Waals surface area (Å²) in [6, 6.07) is 14.7. The molecule has 0 bridgehead atoms. The van der Waals surface area contributed by atoms with Gasteiger partial charge in [0.25, 0.3) is 7.37 Å². The molecule has 3 aromatic rings. The SMILES string of the molecule is CCOP(C)(=O)C(F)(F)c1ccc2sc(C(=O)OCc3ccccc3)cc2c1. The van der Waals surface area contributed by atoms with Crippen LogP contribution in [0.25, 0.3) is 10.1 Å². The van der Waals surface area contributed by atoms with Gasteiger partial charge in [-0.2, -0.15) is 8.78 Å². The first-order valence-corrected chi connectivity index (χ1v) is 11.5. The fourth-order valence-electron chi connectivity index (χ4n) is 2.69. The quantitative estimate of drug-likeness (QED) is 0.332. The third-order valence-electron chi connectivity index (χ3n) is 4.16. The van der Waals surface area contributed by atoms with E-state index in [1.807, 2.05) is 30.3 Å². The number of hydrogen-bond donors (Lipinski definition) is 0. The van der Waals surface area contributed by atoms with E-state index in [0.29, 0.717) is 15.0 Å². The number of fused-ring (bicyclic) bond motifs is 1. The number of thiophene rings is 1. The fourth-order valence-corrected chi connectivity index (χ4v) is 4.89. The van der Waals surface area contributed by atoms with Crippen molar-refractivity contribution < 1.29 is 27.4 Å². The highest BCUT2D eigenvalue weighted by Crippen LogP contribution is 2.63. The third-order valence-corrected chi connectivity index (χ3v) is 7.29. The van der Waals surface area contributed by atoms with E-state index in [2.05, 4.69) is 0 Å². The lowest BCUT2D eigenvalue weighted by Crippen LogP contribution is -2.15. The minimum Gasteiger partial charge on any atom is -0.457 e. The van der Waals surface area contributed by atoms with Crippen LogP contribution in [0.2, 0.25) is 0 Å². The van der Waals surface area contributed by atoms with Gasteiger partial charge in [-0.3, -0.25) is 4.57 Å². The van der Waals surface area contributed by atoms with Crippen LogP contribution in [0.3, 0.4) is 0 Å². The Bertz CT molecular complexity index is 1030. The highest BCUT2D eigenvalue weighted by molar-refractivity contribution is 7.59. The maximum Gasteiger partial charge on any atom is 0.348 e. The van der Waals surface area contributed by atoms with E-state index in [-0.39, 0.29) is 13.2 Å². The Morgan fingerprint density at radius 3 is 2.54 bits per heavy atom. The summed E-state index contributed by atoms with van der Waals surface area (Å²) < 4.78 is 52.3. The van der Waals surface area contributed by atoms with E-state index < -0.39 is 24.6 Å². The zero-order valence-corrected chi connectivity index (χ0v) is 17.1. The minimum absolute atomic E-state index is 0.0680. The summed E-state index contributed by atoms with van der Waals surface area (Å²) in [6.45, 7) is 2.51. The Balaban J connectivity index is 1.82. The van der Waals surface area contributed by atoms with Gasteiger partial charge in [0.15, 0.2) is 0 Å². The molecule has 0 fully saturated rings. The highest BCUT2D eigenvalue weighted by atomic mass is 32.1. The number of hydrogen-bond acceptors (Lipinski definition) is 5. The van der Waals surface area contributed by atoms with Crippen LogP contribution in [0.1, 0.15) is 27.7 Å². The van der Waals surface area contributed by atoms with Gasteiger partial charge in [-0.1, -0.05) is 36.4 Å². The molecule has 28 heavy (non-hydrogen) atoms. The average molecular weight is 424 g/mol. The lowest BCUT2D eigenvalue weighted by atomic mass is 10.1. The molecule has 1 atom stereocenters. The van der Waals surface area contributed by atoms with Crippen molar-refractivity contribution in [1.82, 2.24) is 0 Å². The van der Waals surface area contributed by atoms with Crippen molar-refractivity contribution in [3.63, 3.8) is 0 Å². The largest absolute Gasteiger partial charge is 0.457 e. The van der Waals surface area contributed by atoms with Crippen molar-refractivity contribution >= 4 is 34.8 Å². The first-order valence-electron chi connectivity index (χ1n) is 8.59. The van der Waals surface area contributed by atoms with Gasteiger partial charge in [-0.05, 0) is 36.1 Å². The van der Waals surface area contributed by atoms with E-state index in [1.54, 1.807) is 0 Å². The van der Waals surface area contributed by atoms with E-state index >= 15 is 0 Å². The standard InChI is InChI=1S/C20H19F2O4PS/c1-3-26-27(2,24)20(21,22)16-9-10-17-15(11-16)12-18(28-17)19(23)25-13-14-7-5-4-6-8-14/h4-12H,3,13H2,1-2H3. The smallest absolute Gasteiger partial charge is 0.348 e. The van der Waals surface area contributed by atoms with Crippen molar-refractivity contribution in [2.24, 2.45) is 0 Å². The molecule has 1 heterocycles. The maximum atomic E-state index is 14.6. The minimum atomic E-state index is -4.17. The number of halogens is 2. The third kappa shape index (κ3) is 4.17. The highest BCUT2D eigenvalue weighted by Gasteiger charge is 2.49. The Kier molecular flexibility index (Phi) is 5.98. The number of ether oxygens (including phenoxy) is 1. The number of alkyl halides is 2. The van der Waals surface area contributed by atoms with Gasteiger partial charge >= 0.3 is 11.6 Å². The second kappa shape index (κ2) is 8.11. The number of carbonyl (C=O) groups excluding carboxylic acids is 1. The molecule has 8 heteroatoms. The van der Waals surface area contributed by atoms with Gasteiger partial charge in [0.2, 0.25) is 0 Å². The average Bonchev–Trinajstić information content (AvgIpc) is 3.10. The Morgan fingerprint density at radius 1 is 1.14 bits per heavy atom. The molecular formula is C20H19F2O4PS. The van der Waals surface area contributed by atoms with Crippen LogP contribution >= 0.6 is 18.7 Å². The van der Waals surface area contributed by atoms with Gasteiger partial charge in [0.05, 0.1) is 6.61 Å². The first kappa shape index (κ1) is 20.6. The predicted octanol–water partition coefficient (Wildman–Crippen LogP) is 6.25. The Hall–Kier alpha value is -2.08. The summed E-state index contributed by atoms with van der Waals surface area (Å²) in [4.78, 5) is 12.6. The Labute approximate surface area is 165 Å². The van der Waals surface area contributed by atoms with Crippen LogP contribution in [0, 0.1) is 0 Å². The maximum absolute atomic E-state index is 14.6. The molecule has 0 aliphatic carbocycles. The fraction of sp³-hybridized carbons (Fsp3) is 0.250. The molecule has 0 aliphatic heterocycles. The molecule has 0 N–H and O–H groups in total. The molecule has 4 nitrogen and oxygen atoms in total. The molecule has 1 aromatic heterocycles. The first-order chi connectivity index (χ1) is 13.2. The molecule has 0 amide bonds. The number of carbonyl (C=O) groups is 1. The molecule has 1 unspecified atom stereocenters. The molecule has 0 aliphatic rings. The lowest BCUT2D eigenvalue weighted by Gasteiger charge is -2.23. The second-order valence-electron chi connectivity index (χ2n) is 6.23. The number of rotatable bonds is 7. The lowest BCUT2D eigenvalue weighted by molar-refractivity contribution is 0.0478. The van der Waals surface area contributed by atoms with Crippen molar-refractivity contribution in [2.75, 3.05) is 13.3 Å². The van der Waals surface area contributed by atoms with Gasteiger partial charge in [0.1, 0.15) is 11.5 Å². The number of esters is 1. The Morgan fingerprint density at radius 2 is 1.86 bits per heavy atom. The van der Waals surface area contributed by atoms with Crippen LogP contribution in [-0.4, -0.2) is 19.2 Å². The second-order valence-corrected chi connectivity index (χ2v) is 9.83. The molecule has 2 aromatic carbocycles. The normalized spacial score (nSPS) is 14.0. The van der Waals surface area contributed by atoms with E-state index in [9.17, 15) is 18.1 Å². The van der Waals surface area contributed by atoms with Crippen LogP contribution in [0.5, 0.6) is 0 Å². The van der Waals surface area contributed by atoms with Crippen molar-refractivity contribution in [2.45, 2.75) is 19.2 Å². The van der Waals surface area contributed by atoms with E-state index in [4.69, 9.17) is 9.26 Å². The predicted molar refractivity (Wildman–Crippen MR) is 106 cm³/mol. The van der Waals surface area contributed by atoms with Crippen LogP contribution in [0.4, 0.5) is 8.78 Å². The summed E-state index contributed by atoms with van der Waals surface area (Å²) in [5.74, 6) is -0.520. The monoisotopic (exact) mass is 424 g/mol. The molecular weight excluding hydrogens is 405 g/mol. The molecule has 148 valence electrons. The van der Waals surface area contributed by atoms with Crippen LogP contribution in [0.15, 0.2) is 54.6 Å². The van der Waals surface area contributed by atoms with E-state index in [0.717, 1.165) is 23.6 Å². The molecule has 0 radical (unpaired) electrons. The van der Waals surface area contributed by atoms with Crippen molar-refractivity contribution in [1.29, 1.82) is 0 Å². The van der Waals surface area contributed by atoms with Gasteiger partial charge in [-0.25, -0.2) is 4.79 Å². The molecule has 0 saturated heterocycles. The van der Waals surface area contributed by atoms with Gasteiger partial charge in [-0.15, -0.1) is 11.3 Å². The topological polar surface area (TPSA) is 52.6 Å². The van der Waals surface area contributed by atoms with E-state index in [1.165, 1.54) is 31.2 Å². The molecule has 0 saturated carbocycles. The van der Waals surface area contributed by atoms with Crippen molar-refractivity contribution in [3.8, 4) is 0 Å². The summed E-state index contributed by atoms with van der Waals surface area (Å²) in [6.07, 6.45) is 0. The van der Waals surface area contributed by atoms with Crippen LogP contribution in [-0.2, 0) is 26.1 Å². The summed E-state index contributed by atoms with van der Waals surface area (Å²) in [7, 11) is -4.17.